The first kappa shape index (κ1) is 14.3. The normalized spacial score (nSPS) is 18.5. The minimum atomic E-state index is 0.0576. The van der Waals surface area contributed by atoms with Gasteiger partial charge in [-0.25, -0.2) is 0 Å². The zero-order valence-electron chi connectivity index (χ0n) is 13.3. The molecular formula is C18H25N3. The molecular weight excluding hydrogens is 258 g/mol. The minimum Gasteiger partial charge on any atom is -0.309 e. The van der Waals surface area contributed by atoms with Crippen molar-refractivity contribution in [2.45, 2.75) is 58.2 Å². The number of nitrogens with zero attached hydrogens (tertiary/aromatic N) is 2. The van der Waals surface area contributed by atoms with Crippen LogP contribution in [0.4, 0.5) is 0 Å². The number of hydrogen-bond donors (Lipinski definition) is 1. The van der Waals surface area contributed by atoms with E-state index in [1.807, 2.05) is 10.9 Å². The highest BCUT2D eigenvalue weighted by atomic mass is 15.3. The van der Waals surface area contributed by atoms with E-state index in [-0.39, 0.29) is 5.54 Å². The zero-order valence-corrected chi connectivity index (χ0v) is 13.3. The Bertz CT molecular complexity index is 607. The maximum Gasteiger partial charge on any atom is 0.0543 e. The van der Waals surface area contributed by atoms with E-state index >= 15 is 0 Å². The molecule has 0 bridgehead atoms. The predicted molar refractivity (Wildman–Crippen MR) is 86.3 cm³/mol. The molecule has 0 spiro atoms. The van der Waals surface area contributed by atoms with Crippen molar-refractivity contribution in [3.8, 4) is 0 Å². The Kier molecular flexibility index (Phi) is 3.85. The van der Waals surface area contributed by atoms with E-state index in [1.165, 1.54) is 29.5 Å². The smallest absolute Gasteiger partial charge is 0.0543 e. The van der Waals surface area contributed by atoms with Crippen LogP contribution in [0, 0.1) is 0 Å². The van der Waals surface area contributed by atoms with Gasteiger partial charge in [-0.2, -0.15) is 5.10 Å². The highest BCUT2D eigenvalue weighted by molar-refractivity contribution is 5.30. The van der Waals surface area contributed by atoms with Crippen molar-refractivity contribution in [3.63, 3.8) is 0 Å². The summed E-state index contributed by atoms with van der Waals surface area (Å²) in [4.78, 5) is 0. The van der Waals surface area contributed by atoms with Crippen LogP contribution in [0.15, 0.2) is 36.7 Å². The summed E-state index contributed by atoms with van der Waals surface area (Å²) in [5.74, 6) is 0. The van der Waals surface area contributed by atoms with Crippen molar-refractivity contribution in [3.05, 3.63) is 53.3 Å². The molecule has 0 saturated heterocycles. The van der Waals surface area contributed by atoms with Crippen molar-refractivity contribution >= 4 is 0 Å². The second-order valence-electron chi connectivity index (χ2n) is 7.05. The average Bonchev–Trinajstić information content (AvgIpc) is 2.94. The summed E-state index contributed by atoms with van der Waals surface area (Å²) >= 11 is 0. The second kappa shape index (κ2) is 5.64. The fraction of sp³-hybridized carbons (Fsp3) is 0.500. The molecule has 0 saturated carbocycles. The van der Waals surface area contributed by atoms with Gasteiger partial charge in [0, 0.05) is 24.3 Å². The fourth-order valence-corrected chi connectivity index (χ4v) is 2.95. The van der Waals surface area contributed by atoms with E-state index < -0.39 is 0 Å². The lowest BCUT2D eigenvalue weighted by atomic mass is 9.88. The Hall–Kier alpha value is -1.61. The summed E-state index contributed by atoms with van der Waals surface area (Å²) < 4.78 is 2.04. The quantitative estimate of drug-likeness (QED) is 0.937. The number of aromatic nitrogens is 2. The first-order valence-electron chi connectivity index (χ1n) is 7.86. The summed E-state index contributed by atoms with van der Waals surface area (Å²) in [5, 5.41) is 8.15. The van der Waals surface area contributed by atoms with Crippen molar-refractivity contribution in [1.82, 2.24) is 15.1 Å². The first-order chi connectivity index (χ1) is 10.0. The molecule has 2 aromatic rings. The van der Waals surface area contributed by atoms with Gasteiger partial charge in [0.1, 0.15) is 0 Å². The Morgan fingerprint density at radius 3 is 2.71 bits per heavy atom. The third-order valence-corrected chi connectivity index (χ3v) is 4.27. The topological polar surface area (TPSA) is 29.9 Å². The number of rotatable bonds is 3. The third kappa shape index (κ3) is 3.35. The third-order valence-electron chi connectivity index (χ3n) is 4.27. The van der Waals surface area contributed by atoms with E-state index in [0.29, 0.717) is 6.04 Å². The van der Waals surface area contributed by atoms with Gasteiger partial charge in [-0.3, -0.25) is 4.68 Å². The first-order valence-corrected chi connectivity index (χ1v) is 7.86. The molecule has 1 aromatic heterocycles. The van der Waals surface area contributed by atoms with Crippen LogP contribution < -0.4 is 5.32 Å². The lowest BCUT2D eigenvalue weighted by Crippen LogP contribution is -2.34. The van der Waals surface area contributed by atoms with E-state index in [2.05, 4.69) is 61.6 Å². The molecule has 1 atom stereocenters. The molecule has 1 aromatic carbocycles. The highest BCUT2D eigenvalue weighted by Gasteiger charge is 2.18. The van der Waals surface area contributed by atoms with E-state index in [9.17, 15) is 0 Å². The molecule has 3 heteroatoms. The van der Waals surface area contributed by atoms with Gasteiger partial charge in [0.15, 0.2) is 0 Å². The molecule has 0 aliphatic heterocycles. The van der Waals surface area contributed by atoms with Crippen LogP contribution in [-0.2, 0) is 24.9 Å². The van der Waals surface area contributed by atoms with Gasteiger partial charge >= 0.3 is 0 Å². The highest BCUT2D eigenvalue weighted by Crippen LogP contribution is 2.21. The predicted octanol–water partition coefficient (Wildman–Crippen LogP) is 3.29. The van der Waals surface area contributed by atoms with Gasteiger partial charge in [-0.05, 0) is 51.2 Å². The lowest BCUT2D eigenvalue weighted by molar-refractivity contribution is 0.355. The molecule has 1 unspecified atom stereocenters. The minimum absolute atomic E-state index is 0.0576. The molecule has 1 aliphatic carbocycles. The van der Waals surface area contributed by atoms with E-state index in [4.69, 9.17) is 0 Å². The molecule has 0 fully saturated rings. The van der Waals surface area contributed by atoms with Crippen LogP contribution >= 0.6 is 0 Å². The number of aryl methyl sites for hydroxylation is 1. The van der Waals surface area contributed by atoms with Gasteiger partial charge in [0.25, 0.3) is 0 Å². The van der Waals surface area contributed by atoms with E-state index in [1.54, 1.807) is 0 Å². The molecule has 0 amide bonds. The molecule has 1 aliphatic rings. The summed E-state index contributed by atoms with van der Waals surface area (Å²) in [6.07, 6.45) is 7.70. The van der Waals surface area contributed by atoms with Gasteiger partial charge in [-0.15, -0.1) is 0 Å². The molecule has 112 valence electrons. The fourth-order valence-electron chi connectivity index (χ4n) is 2.95. The number of benzene rings is 1. The molecule has 0 radical (unpaired) electrons. The Balaban J connectivity index is 1.58. The number of hydrogen-bond acceptors (Lipinski definition) is 2. The van der Waals surface area contributed by atoms with Gasteiger partial charge in [-0.1, -0.05) is 24.3 Å². The Morgan fingerprint density at radius 2 is 2.00 bits per heavy atom. The van der Waals surface area contributed by atoms with Crippen LogP contribution in [0.25, 0.3) is 0 Å². The molecule has 1 N–H and O–H groups in total. The van der Waals surface area contributed by atoms with Gasteiger partial charge in [0.2, 0.25) is 0 Å². The van der Waals surface area contributed by atoms with Gasteiger partial charge in [0.05, 0.1) is 11.7 Å². The largest absolute Gasteiger partial charge is 0.309 e. The Morgan fingerprint density at radius 1 is 1.24 bits per heavy atom. The van der Waals surface area contributed by atoms with Gasteiger partial charge < -0.3 is 5.32 Å². The second-order valence-corrected chi connectivity index (χ2v) is 7.05. The van der Waals surface area contributed by atoms with Crippen molar-refractivity contribution in [1.29, 1.82) is 0 Å². The summed E-state index contributed by atoms with van der Waals surface area (Å²) in [7, 11) is 0. The Labute approximate surface area is 127 Å². The van der Waals surface area contributed by atoms with E-state index in [0.717, 1.165) is 13.0 Å². The van der Waals surface area contributed by atoms with Crippen LogP contribution in [0.3, 0.4) is 0 Å². The number of fused-ring (bicyclic) bond motifs is 1. The standard InChI is InChI=1S/C18H25N3/c1-18(2,3)21-13-14(12-20-21)11-19-17-9-8-15-6-4-5-7-16(15)10-17/h4-7,12-13,17,19H,8-11H2,1-3H3. The molecule has 21 heavy (non-hydrogen) atoms. The zero-order chi connectivity index (χ0) is 14.9. The van der Waals surface area contributed by atoms with Crippen molar-refractivity contribution in [2.24, 2.45) is 0 Å². The SMILES string of the molecule is CC(C)(C)n1cc(CNC2CCc3ccccc3C2)cn1. The average molecular weight is 283 g/mol. The van der Waals surface area contributed by atoms with Crippen LogP contribution in [-0.4, -0.2) is 15.8 Å². The maximum atomic E-state index is 4.46. The lowest BCUT2D eigenvalue weighted by Gasteiger charge is -2.25. The number of nitrogens with one attached hydrogen (secondary N) is 1. The van der Waals surface area contributed by atoms with Crippen LogP contribution in [0.1, 0.15) is 43.9 Å². The molecule has 3 rings (SSSR count). The summed E-state index contributed by atoms with van der Waals surface area (Å²) in [6, 6.07) is 9.40. The van der Waals surface area contributed by atoms with Crippen molar-refractivity contribution in [2.75, 3.05) is 0 Å². The van der Waals surface area contributed by atoms with Crippen LogP contribution in [0.5, 0.6) is 0 Å². The molecule has 1 heterocycles. The summed E-state index contributed by atoms with van der Waals surface area (Å²) in [5.41, 5.74) is 4.36. The monoisotopic (exact) mass is 283 g/mol. The molecule has 3 nitrogen and oxygen atoms in total. The van der Waals surface area contributed by atoms with Crippen LogP contribution in [0.2, 0.25) is 0 Å². The maximum absolute atomic E-state index is 4.46. The summed E-state index contributed by atoms with van der Waals surface area (Å²) in [6.45, 7) is 7.43. The van der Waals surface area contributed by atoms with Crippen molar-refractivity contribution < 1.29 is 0 Å².